The lowest BCUT2D eigenvalue weighted by Gasteiger charge is -2.21. The van der Waals surface area contributed by atoms with Gasteiger partial charge in [-0.25, -0.2) is 4.98 Å². The summed E-state index contributed by atoms with van der Waals surface area (Å²) in [4.78, 5) is 4.05. The first-order valence-electron chi connectivity index (χ1n) is 6.54. The van der Waals surface area contributed by atoms with Gasteiger partial charge in [0.25, 0.3) is 0 Å². The number of hydrogen-bond acceptors (Lipinski definition) is 4. The zero-order valence-corrected chi connectivity index (χ0v) is 12.1. The molecule has 6 nitrogen and oxygen atoms in total. The molecule has 0 radical (unpaired) electrons. The van der Waals surface area contributed by atoms with Crippen molar-refractivity contribution in [2.45, 2.75) is 20.1 Å². The van der Waals surface area contributed by atoms with Gasteiger partial charge in [0.05, 0.1) is 18.6 Å². The van der Waals surface area contributed by atoms with Crippen LogP contribution in [-0.4, -0.2) is 24.3 Å². The largest absolute Gasteiger partial charge is 0.483 e. The summed E-state index contributed by atoms with van der Waals surface area (Å²) >= 11 is 6.17. The average molecular weight is 302 g/mol. The lowest BCUT2D eigenvalue weighted by Crippen LogP contribution is -2.16. The quantitative estimate of drug-likeness (QED) is 0.729. The molecule has 0 atom stereocenters. The van der Waals surface area contributed by atoms with Gasteiger partial charge in [0.2, 0.25) is 0 Å². The first kappa shape index (κ1) is 12.4. The first-order valence-corrected chi connectivity index (χ1v) is 6.92. The number of rotatable bonds is 2. The molecule has 0 unspecified atom stereocenters. The van der Waals surface area contributed by atoms with E-state index in [0.29, 0.717) is 18.2 Å². The van der Waals surface area contributed by atoms with E-state index in [1.54, 1.807) is 12.5 Å². The molecular weight excluding hydrogens is 290 g/mol. The normalized spacial score (nSPS) is 12.7. The maximum absolute atomic E-state index is 6.17. The van der Waals surface area contributed by atoms with Crippen LogP contribution in [0, 0.1) is 6.92 Å². The second-order valence-corrected chi connectivity index (χ2v) is 5.37. The van der Waals surface area contributed by atoms with Crippen molar-refractivity contribution in [2.75, 3.05) is 0 Å². The van der Waals surface area contributed by atoms with Crippen LogP contribution in [0.25, 0.3) is 5.69 Å². The number of ether oxygens (including phenoxy) is 1. The average Bonchev–Trinajstić information content (AvgIpc) is 3.11. The molecule has 0 spiro atoms. The zero-order valence-electron chi connectivity index (χ0n) is 11.3. The van der Waals surface area contributed by atoms with Gasteiger partial charge < -0.3 is 9.30 Å². The van der Waals surface area contributed by atoms with Crippen LogP contribution in [-0.2, 0) is 13.2 Å². The van der Waals surface area contributed by atoms with Crippen LogP contribution in [0.3, 0.4) is 0 Å². The molecule has 0 saturated heterocycles. The molecule has 3 heterocycles. The minimum absolute atomic E-state index is 0.392. The summed E-state index contributed by atoms with van der Waals surface area (Å²) < 4.78 is 9.69. The Bertz CT molecular complexity index is 809. The van der Waals surface area contributed by atoms with Gasteiger partial charge in [0.15, 0.2) is 11.6 Å². The van der Waals surface area contributed by atoms with Gasteiger partial charge in [-0.2, -0.15) is 0 Å². The maximum Gasteiger partial charge on any atom is 0.175 e. The van der Waals surface area contributed by atoms with E-state index in [4.69, 9.17) is 16.3 Å². The summed E-state index contributed by atoms with van der Waals surface area (Å²) in [5.41, 5.74) is 1.92. The Morgan fingerprint density at radius 3 is 3.05 bits per heavy atom. The van der Waals surface area contributed by atoms with Crippen LogP contribution in [0.1, 0.15) is 17.2 Å². The van der Waals surface area contributed by atoms with E-state index in [-0.39, 0.29) is 0 Å². The van der Waals surface area contributed by atoms with Crippen LogP contribution in [0.4, 0.5) is 0 Å². The number of benzene rings is 1. The van der Waals surface area contributed by atoms with Crippen LogP contribution in [0.15, 0.2) is 30.9 Å². The molecular formula is C14H12ClN5O. The van der Waals surface area contributed by atoms with Gasteiger partial charge in [-0.3, -0.25) is 4.57 Å². The van der Waals surface area contributed by atoms with Crippen molar-refractivity contribution in [3.63, 3.8) is 0 Å². The van der Waals surface area contributed by atoms with Crippen molar-refractivity contribution in [3.8, 4) is 11.4 Å². The van der Waals surface area contributed by atoms with Gasteiger partial charge in [-0.1, -0.05) is 11.6 Å². The fourth-order valence-corrected chi connectivity index (χ4v) is 2.61. The van der Waals surface area contributed by atoms with E-state index >= 15 is 0 Å². The van der Waals surface area contributed by atoms with Gasteiger partial charge in [0, 0.05) is 23.5 Å². The molecule has 1 aliphatic rings. The third kappa shape index (κ3) is 1.99. The van der Waals surface area contributed by atoms with Gasteiger partial charge in [-0.05, 0) is 18.6 Å². The van der Waals surface area contributed by atoms with E-state index in [0.717, 1.165) is 28.6 Å². The van der Waals surface area contributed by atoms with E-state index in [1.165, 1.54) is 0 Å². The van der Waals surface area contributed by atoms with Crippen LogP contribution in [0.5, 0.6) is 5.75 Å². The molecule has 0 amide bonds. The molecule has 3 aromatic rings. The van der Waals surface area contributed by atoms with E-state index in [9.17, 15) is 0 Å². The molecule has 7 heteroatoms. The number of fused-ring (bicyclic) bond motifs is 3. The van der Waals surface area contributed by atoms with Crippen molar-refractivity contribution >= 4 is 11.6 Å². The summed E-state index contributed by atoms with van der Waals surface area (Å²) in [6, 6.07) is 3.84. The third-order valence-corrected chi connectivity index (χ3v) is 3.93. The Morgan fingerprint density at radius 1 is 1.33 bits per heavy atom. The number of hydrogen-bond donors (Lipinski definition) is 0. The predicted octanol–water partition coefficient (Wildman–Crippen LogP) is 2.37. The number of nitrogens with zero attached hydrogens (tertiary/aromatic N) is 5. The minimum Gasteiger partial charge on any atom is -0.483 e. The summed E-state index contributed by atoms with van der Waals surface area (Å²) in [7, 11) is 0. The molecule has 1 aliphatic heterocycles. The van der Waals surface area contributed by atoms with Crippen LogP contribution < -0.4 is 4.74 Å². The molecule has 21 heavy (non-hydrogen) atoms. The predicted molar refractivity (Wildman–Crippen MR) is 76.8 cm³/mol. The Morgan fingerprint density at radius 2 is 2.24 bits per heavy atom. The van der Waals surface area contributed by atoms with Crippen molar-refractivity contribution in [3.05, 3.63) is 53.1 Å². The number of aromatic nitrogens is 5. The number of imidazole rings is 1. The monoisotopic (exact) mass is 301 g/mol. The minimum atomic E-state index is 0.392. The Labute approximate surface area is 126 Å². The highest BCUT2D eigenvalue weighted by Crippen LogP contribution is 2.34. The molecule has 4 rings (SSSR count). The highest BCUT2D eigenvalue weighted by atomic mass is 35.5. The Kier molecular flexibility index (Phi) is 2.71. The van der Waals surface area contributed by atoms with Crippen LogP contribution in [0.2, 0.25) is 5.02 Å². The molecule has 0 N–H and O–H groups in total. The maximum atomic E-state index is 6.17. The summed E-state index contributed by atoms with van der Waals surface area (Å²) in [6.45, 7) is 2.97. The molecule has 1 aromatic carbocycles. The lowest BCUT2D eigenvalue weighted by molar-refractivity contribution is 0.278. The summed E-state index contributed by atoms with van der Waals surface area (Å²) in [5, 5.41) is 9.18. The van der Waals surface area contributed by atoms with Crippen molar-refractivity contribution < 1.29 is 4.74 Å². The molecule has 0 aliphatic carbocycles. The highest BCUT2D eigenvalue weighted by Gasteiger charge is 2.23. The van der Waals surface area contributed by atoms with Crippen molar-refractivity contribution in [1.82, 2.24) is 24.3 Å². The van der Waals surface area contributed by atoms with Crippen molar-refractivity contribution in [1.29, 1.82) is 0 Å². The molecule has 0 fully saturated rings. The van der Waals surface area contributed by atoms with E-state index < -0.39 is 0 Å². The molecule has 106 valence electrons. The Hall–Kier alpha value is -2.34. The second kappa shape index (κ2) is 4.60. The smallest absolute Gasteiger partial charge is 0.175 e. The summed E-state index contributed by atoms with van der Waals surface area (Å²) in [6.07, 6.45) is 5.40. The van der Waals surface area contributed by atoms with E-state index in [1.807, 2.05) is 34.4 Å². The fourth-order valence-electron chi connectivity index (χ4n) is 2.45. The number of halogens is 1. The first-order chi connectivity index (χ1) is 10.2. The van der Waals surface area contributed by atoms with Gasteiger partial charge in [-0.15, -0.1) is 10.2 Å². The lowest BCUT2D eigenvalue weighted by atomic mass is 10.2. The zero-order chi connectivity index (χ0) is 14.4. The van der Waals surface area contributed by atoms with E-state index in [2.05, 4.69) is 15.2 Å². The third-order valence-electron chi connectivity index (χ3n) is 3.52. The van der Waals surface area contributed by atoms with Gasteiger partial charge in [0.1, 0.15) is 12.4 Å². The number of aryl methyl sites for hydroxylation is 1. The van der Waals surface area contributed by atoms with Gasteiger partial charge >= 0.3 is 0 Å². The second-order valence-electron chi connectivity index (χ2n) is 4.96. The van der Waals surface area contributed by atoms with Crippen LogP contribution >= 0.6 is 11.6 Å². The van der Waals surface area contributed by atoms with Crippen molar-refractivity contribution in [2.24, 2.45) is 0 Å². The highest BCUT2D eigenvalue weighted by molar-refractivity contribution is 6.31. The molecule has 0 bridgehead atoms. The topological polar surface area (TPSA) is 57.8 Å². The standard InChI is InChI=1S/C14H12ClN5O/c1-9-4-11-12(5-10(9)15)21-7-14-18-17-13(20(11)14)6-19-3-2-16-8-19/h2-5,8H,6-7H2,1H3. The molecule has 0 saturated carbocycles. The SMILES string of the molecule is Cc1cc2c(cc1Cl)OCc1nnc(Cn3ccnc3)n1-2. The fraction of sp³-hybridized carbons (Fsp3) is 0.214. The molecule has 2 aromatic heterocycles. The Balaban J connectivity index is 1.85. The summed E-state index contributed by atoms with van der Waals surface area (Å²) in [5.74, 6) is 2.39.